The Labute approximate surface area is 175 Å². The average Bonchev–Trinajstić information content (AvgIpc) is 2.79. The van der Waals surface area contributed by atoms with E-state index in [9.17, 15) is 0 Å². The van der Waals surface area contributed by atoms with Crippen LogP contribution in [0.2, 0.25) is 0 Å². The largest absolute Gasteiger partial charge is 0.492 e. The summed E-state index contributed by atoms with van der Waals surface area (Å²) in [4.78, 5) is 17.4. The molecule has 0 radical (unpaired) electrons. The molecule has 0 amide bonds. The predicted molar refractivity (Wildman–Crippen MR) is 113 cm³/mol. The number of aromatic nitrogens is 4. The molecule has 3 aromatic rings. The zero-order chi connectivity index (χ0) is 20.9. The van der Waals surface area contributed by atoms with Crippen molar-refractivity contribution in [3.63, 3.8) is 0 Å². The minimum atomic E-state index is 0.174. The summed E-state index contributed by atoms with van der Waals surface area (Å²) in [5.74, 6) is 2.97. The lowest BCUT2D eigenvalue weighted by Crippen LogP contribution is -2.19. The second-order valence-electron chi connectivity index (χ2n) is 7.04. The van der Waals surface area contributed by atoms with Crippen molar-refractivity contribution in [1.29, 1.82) is 0 Å². The first kappa shape index (κ1) is 19.9. The number of aryl methyl sites for hydroxylation is 1. The molecule has 0 saturated carbocycles. The van der Waals surface area contributed by atoms with Crippen molar-refractivity contribution >= 4 is 5.82 Å². The normalized spacial score (nSPS) is 13.6. The Bertz CT molecular complexity index is 1030. The van der Waals surface area contributed by atoms with Crippen molar-refractivity contribution in [2.75, 3.05) is 31.7 Å². The van der Waals surface area contributed by atoms with Crippen LogP contribution >= 0.6 is 0 Å². The highest BCUT2D eigenvalue weighted by molar-refractivity contribution is 5.63. The maximum atomic E-state index is 5.79. The van der Waals surface area contributed by atoms with Gasteiger partial charge in [0.05, 0.1) is 18.0 Å². The van der Waals surface area contributed by atoms with Gasteiger partial charge in [0.1, 0.15) is 31.1 Å². The molecule has 0 aromatic carbocycles. The first-order chi connectivity index (χ1) is 14.7. The number of nitrogens with zero attached hydrogens (tertiary/aromatic N) is 4. The van der Waals surface area contributed by atoms with Gasteiger partial charge in [0.15, 0.2) is 5.75 Å². The maximum absolute atomic E-state index is 5.79. The third-order valence-corrected chi connectivity index (χ3v) is 4.89. The van der Waals surface area contributed by atoms with E-state index in [1.54, 1.807) is 18.7 Å². The van der Waals surface area contributed by atoms with Crippen LogP contribution in [0.5, 0.6) is 17.4 Å². The third-order valence-electron chi connectivity index (χ3n) is 4.89. The van der Waals surface area contributed by atoms with E-state index in [-0.39, 0.29) is 5.92 Å². The molecule has 1 unspecified atom stereocenters. The van der Waals surface area contributed by atoms with E-state index in [0.29, 0.717) is 32.2 Å². The fraction of sp³-hybridized carbons (Fsp3) is 0.364. The van der Waals surface area contributed by atoms with E-state index in [2.05, 4.69) is 32.2 Å². The van der Waals surface area contributed by atoms with Gasteiger partial charge in [-0.15, -0.1) is 0 Å². The van der Waals surface area contributed by atoms with E-state index in [1.807, 2.05) is 32.0 Å². The molecular formula is C22H25N5O3. The number of nitrogens with one attached hydrogen (secondary N) is 1. The van der Waals surface area contributed by atoms with E-state index in [0.717, 1.165) is 39.8 Å². The highest BCUT2D eigenvalue weighted by Crippen LogP contribution is 2.35. The molecule has 1 aliphatic rings. The Morgan fingerprint density at radius 1 is 1.13 bits per heavy atom. The Morgan fingerprint density at radius 3 is 2.87 bits per heavy atom. The zero-order valence-corrected chi connectivity index (χ0v) is 17.4. The molecule has 1 atom stereocenters. The van der Waals surface area contributed by atoms with Crippen LogP contribution in [0.15, 0.2) is 36.9 Å². The van der Waals surface area contributed by atoms with Gasteiger partial charge >= 0.3 is 0 Å². The lowest BCUT2D eigenvalue weighted by atomic mass is 10.0. The van der Waals surface area contributed by atoms with Crippen LogP contribution in [0.1, 0.15) is 31.0 Å². The molecule has 0 aliphatic carbocycles. The van der Waals surface area contributed by atoms with Crippen LogP contribution in [0.25, 0.3) is 11.3 Å². The molecule has 156 valence electrons. The quantitative estimate of drug-likeness (QED) is 0.635. The summed E-state index contributed by atoms with van der Waals surface area (Å²) in [5.41, 5.74) is 3.59. The number of anilines is 1. The zero-order valence-electron chi connectivity index (χ0n) is 17.4. The molecule has 0 bridgehead atoms. The summed E-state index contributed by atoms with van der Waals surface area (Å²) in [7, 11) is 0. The van der Waals surface area contributed by atoms with Gasteiger partial charge in [0.25, 0.3) is 5.88 Å². The van der Waals surface area contributed by atoms with Gasteiger partial charge in [-0.2, -0.15) is 0 Å². The lowest BCUT2D eigenvalue weighted by molar-refractivity contribution is 0.162. The lowest BCUT2D eigenvalue weighted by Gasteiger charge is -2.22. The summed E-state index contributed by atoms with van der Waals surface area (Å²) in [6.45, 7) is 8.34. The van der Waals surface area contributed by atoms with Crippen molar-refractivity contribution in [2.45, 2.75) is 26.7 Å². The molecule has 0 fully saturated rings. The predicted octanol–water partition coefficient (Wildman–Crippen LogP) is 3.63. The fourth-order valence-corrected chi connectivity index (χ4v) is 3.30. The highest BCUT2D eigenvalue weighted by Gasteiger charge is 2.20. The van der Waals surface area contributed by atoms with Crippen molar-refractivity contribution in [3.05, 3.63) is 48.2 Å². The van der Waals surface area contributed by atoms with Crippen LogP contribution in [0.3, 0.4) is 0 Å². The molecule has 8 heteroatoms. The fourth-order valence-electron chi connectivity index (χ4n) is 3.30. The van der Waals surface area contributed by atoms with Crippen LogP contribution in [-0.4, -0.2) is 46.3 Å². The minimum absolute atomic E-state index is 0.174. The monoisotopic (exact) mass is 407 g/mol. The number of hydrogen-bond donors (Lipinski definition) is 1. The van der Waals surface area contributed by atoms with Gasteiger partial charge in [-0.3, -0.25) is 4.98 Å². The number of rotatable bonds is 7. The standard InChI is InChI=1S/C22H25N5O3/c1-4-28-19-9-16(12-24-15(19)3)18-10-20(27-13-26-18)25-11-14(2)17-5-6-23-22-21(17)29-7-8-30-22/h5-6,9-10,12-14H,4,7-8,11H2,1-3H3,(H,25,26,27). The summed E-state index contributed by atoms with van der Waals surface area (Å²) < 4.78 is 17.0. The van der Waals surface area contributed by atoms with E-state index in [4.69, 9.17) is 14.2 Å². The van der Waals surface area contributed by atoms with Gasteiger partial charge in [0, 0.05) is 42.0 Å². The molecule has 0 saturated heterocycles. The van der Waals surface area contributed by atoms with Gasteiger partial charge < -0.3 is 19.5 Å². The van der Waals surface area contributed by atoms with Crippen molar-refractivity contribution in [3.8, 4) is 28.6 Å². The molecule has 30 heavy (non-hydrogen) atoms. The van der Waals surface area contributed by atoms with E-state index < -0.39 is 0 Å². The highest BCUT2D eigenvalue weighted by atomic mass is 16.6. The molecule has 1 aliphatic heterocycles. The molecule has 4 rings (SSSR count). The van der Waals surface area contributed by atoms with Crippen molar-refractivity contribution in [1.82, 2.24) is 19.9 Å². The van der Waals surface area contributed by atoms with Crippen LogP contribution in [0.4, 0.5) is 5.82 Å². The number of pyridine rings is 2. The first-order valence-electron chi connectivity index (χ1n) is 10.1. The Morgan fingerprint density at radius 2 is 2.00 bits per heavy atom. The molecule has 0 spiro atoms. The third kappa shape index (κ3) is 4.27. The maximum Gasteiger partial charge on any atom is 0.257 e. The SMILES string of the molecule is CCOc1cc(-c2cc(NCC(C)c3ccnc4c3OCCO4)ncn2)cnc1C. The second-order valence-corrected chi connectivity index (χ2v) is 7.04. The van der Waals surface area contributed by atoms with E-state index >= 15 is 0 Å². The van der Waals surface area contributed by atoms with Gasteiger partial charge in [0.2, 0.25) is 0 Å². The summed E-state index contributed by atoms with van der Waals surface area (Å²) in [6, 6.07) is 5.84. The molecule has 3 aromatic heterocycles. The molecule has 4 heterocycles. The Hall–Kier alpha value is -3.42. The number of ether oxygens (including phenoxy) is 3. The second kappa shape index (κ2) is 8.94. The van der Waals surface area contributed by atoms with Crippen molar-refractivity contribution in [2.24, 2.45) is 0 Å². The summed E-state index contributed by atoms with van der Waals surface area (Å²) >= 11 is 0. The minimum Gasteiger partial charge on any atom is -0.492 e. The smallest absolute Gasteiger partial charge is 0.257 e. The van der Waals surface area contributed by atoms with Crippen molar-refractivity contribution < 1.29 is 14.2 Å². The number of hydrogen-bond acceptors (Lipinski definition) is 8. The van der Waals surface area contributed by atoms with Gasteiger partial charge in [-0.1, -0.05) is 6.92 Å². The molecule has 8 nitrogen and oxygen atoms in total. The topological polar surface area (TPSA) is 91.3 Å². The van der Waals surface area contributed by atoms with Crippen LogP contribution in [0, 0.1) is 6.92 Å². The Kier molecular flexibility index (Phi) is 5.92. The van der Waals surface area contributed by atoms with Gasteiger partial charge in [-0.05, 0) is 26.0 Å². The summed E-state index contributed by atoms with van der Waals surface area (Å²) in [6.07, 6.45) is 5.10. The first-order valence-corrected chi connectivity index (χ1v) is 10.1. The molecule has 1 N–H and O–H groups in total. The molecular weight excluding hydrogens is 382 g/mol. The van der Waals surface area contributed by atoms with Crippen LogP contribution in [-0.2, 0) is 0 Å². The summed E-state index contributed by atoms with van der Waals surface area (Å²) in [5, 5.41) is 3.39. The number of fused-ring (bicyclic) bond motifs is 1. The van der Waals surface area contributed by atoms with Gasteiger partial charge in [-0.25, -0.2) is 15.0 Å². The van der Waals surface area contributed by atoms with E-state index in [1.165, 1.54) is 0 Å². The van der Waals surface area contributed by atoms with Crippen LogP contribution < -0.4 is 19.5 Å². The Balaban J connectivity index is 1.49. The average molecular weight is 407 g/mol.